The van der Waals surface area contributed by atoms with Gasteiger partial charge in [-0.05, 0) is 36.5 Å². The van der Waals surface area contributed by atoms with Gasteiger partial charge in [-0.25, -0.2) is 0 Å². The third-order valence-electron chi connectivity index (χ3n) is 4.76. The molecular weight excluding hydrogens is 350 g/mol. The number of hydrogen-bond donors (Lipinski definition) is 1. The summed E-state index contributed by atoms with van der Waals surface area (Å²) in [6, 6.07) is 7.87. The number of benzene rings is 1. The molecule has 0 radical (unpaired) electrons. The number of ether oxygens (including phenoxy) is 1. The van der Waals surface area contributed by atoms with Gasteiger partial charge in [-0.2, -0.15) is 4.98 Å². The van der Waals surface area contributed by atoms with Gasteiger partial charge in [-0.3, -0.25) is 4.21 Å². The molecule has 2 heterocycles. The van der Waals surface area contributed by atoms with Crippen LogP contribution in [0, 0.1) is 5.92 Å². The zero-order chi connectivity index (χ0) is 18.5. The third-order valence-corrected chi connectivity index (χ3v) is 5.69. The zero-order valence-electron chi connectivity index (χ0n) is 15.6. The molecule has 142 valence electrons. The molecule has 7 heteroatoms. The molecule has 2 atom stereocenters. The molecule has 1 N–H and O–H groups in total. The Bertz CT molecular complexity index is 724. The quantitative estimate of drug-likeness (QED) is 0.798. The summed E-state index contributed by atoms with van der Waals surface area (Å²) in [5, 5.41) is 7.72. The van der Waals surface area contributed by atoms with Gasteiger partial charge in [-0.1, -0.05) is 31.1 Å². The van der Waals surface area contributed by atoms with Crippen molar-refractivity contribution in [1.82, 2.24) is 15.5 Å². The largest absolute Gasteiger partial charge is 0.381 e. The van der Waals surface area contributed by atoms with Gasteiger partial charge in [0.2, 0.25) is 5.89 Å². The SMILES string of the molecule is CC(C)c1noc(C(NCc2ccc(S(C)=O)cc2)C2CCOCC2)n1. The van der Waals surface area contributed by atoms with Crippen LogP contribution in [0.25, 0.3) is 0 Å². The van der Waals surface area contributed by atoms with E-state index in [1.165, 1.54) is 0 Å². The standard InChI is InChI=1S/C19H27N3O3S/c1-13(2)18-21-19(25-22-18)17(15-8-10-24-11-9-15)20-12-14-4-6-16(7-5-14)26(3)23/h4-7,13,15,17,20H,8-12H2,1-3H3. The lowest BCUT2D eigenvalue weighted by Gasteiger charge is -2.28. The lowest BCUT2D eigenvalue weighted by Crippen LogP contribution is -2.32. The molecule has 26 heavy (non-hydrogen) atoms. The van der Waals surface area contributed by atoms with Crippen LogP contribution in [0.2, 0.25) is 0 Å². The molecule has 1 aliphatic heterocycles. The van der Waals surface area contributed by atoms with Crippen molar-refractivity contribution < 1.29 is 13.5 Å². The number of rotatable bonds is 7. The highest BCUT2D eigenvalue weighted by Gasteiger charge is 2.30. The summed E-state index contributed by atoms with van der Waals surface area (Å²) in [7, 11) is -0.953. The predicted molar refractivity (Wildman–Crippen MR) is 100 cm³/mol. The van der Waals surface area contributed by atoms with E-state index in [1.807, 2.05) is 24.3 Å². The Kier molecular flexibility index (Phi) is 6.56. The lowest BCUT2D eigenvalue weighted by molar-refractivity contribution is 0.0485. The summed E-state index contributed by atoms with van der Waals surface area (Å²) in [5.74, 6) is 2.05. The molecule has 1 aromatic carbocycles. The van der Waals surface area contributed by atoms with Crippen LogP contribution < -0.4 is 5.32 Å². The van der Waals surface area contributed by atoms with E-state index in [0.29, 0.717) is 18.4 Å². The van der Waals surface area contributed by atoms with Gasteiger partial charge < -0.3 is 14.6 Å². The van der Waals surface area contributed by atoms with Crippen molar-refractivity contribution in [3.63, 3.8) is 0 Å². The second-order valence-corrected chi connectivity index (χ2v) is 8.43. The molecule has 0 saturated carbocycles. The Morgan fingerprint density at radius 1 is 1.23 bits per heavy atom. The van der Waals surface area contributed by atoms with Crippen molar-refractivity contribution in [3.05, 3.63) is 41.5 Å². The molecule has 0 amide bonds. The van der Waals surface area contributed by atoms with E-state index in [-0.39, 0.29) is 12.0 Å². The second-order valence-electron chi connectivity index (χ2n) is 7.05. The van der Waals surface area contributed by atoms with Crippen molar-refractivity contribution in [2.75, 3.05) is 19.5 Å². The first-order valence-electron chi connectivity index (χ1n) is 9.11. The van der Waals surface area contributed by atoms with Gasteiger partial charge in [0, 0.05) is 47.6 Å². The molecule has 1 saturated heterocycles. The van der Waals surface area contributed by atoms with Gasteiger partial charge in [-0.15, -0.1) is 0 Å². The van der Waals surface area contributed by atoms with Crippen LogP contribution in [0.4, 0.5) is 0 Å². The van der Waals surface area contributed by atoms with Crippen LogP contribution in [0.15, 0.2) is 33.7 Å². The minimum atomic E-state index is -0.953. The maximum atomic E-state index is 11.5. The minimum absolute atomic E-state index is 0.0129. The normalized spacial score (nSPS) is 18.2. The van der Waals surface area contributed by atoms with Crippen molar-refractivity contribution in [2.24, 2.45) is 5.92 Å². The van der Waals surface area contributed by atoms with Gasteiger partial charge in [0.1, 0.15) is 0 Å². The molecule has 2 unspecified atom stereocenters. The summed E-state index contributed by atoms with van der Waals surface area (Å²) in [5.41, 5.74) is 1.14. The second kappa shape index (κ2) is 8.88. The molecule has 1 aromatic heterocycles. The van der Waals surface area contributed by atoms with E-state index in [0.717, 1.165) is 42.3 Å². The van der Waals surface area contributed by atoms with Crippen LogP contribution in [-0.2, 0) is 22.1 Å². The highest BCUT2D eigenvalue weighted by atomic mass is 32.2. The molecule has 3 rings (SSSR count). The molecular formula is C19H27N3O3S. The Labute approximate surface area is 157 Å². The molecule has 1 aliphatic rings. The van der Waals surface area contributed by atoms with Crippen LogP contribution in [0.5, 0.6) is 0 Å². The van der Waals surface area contributed by atoms with Gasteiger partial charge in [0.05, 0.1) is 6.04 Å². The maximum Gasteiger partial charge on any atom is 0.244 e. The van der Waals surface area contributed by atoms with E-state index >= 15 is 0 Å². The first-order chi connectivity index (χ1) is 12.5. The Hall–Kier alpha value is -1.57. The van der Waals surface area contributed by atoms with Crippen LogP contribution in [-0.4, -0.2) is 33.8 Å². The molecule has 0 aliphatic carbocycles. The summed E-state index contributed by atoms with van der Waals surface area (Å²) < 4.78 is 22.6. The van der Waals surface area contributed by atoms with E-state index in [2.05, 4.69) is 29.3 Å². The first-order valence-corrected chi connectivity index (χ1v) is 10.7. The molecule has 0 bridgehead atoms. The first kappa shape index (κ1) is 19.2. The van der Waals surface area contributed by atoms with Crippen LogP contribution in [0.3, 0.4) is 0 Å². The van der Waals surface area contributed by atoms with Crippen molar-refractivity contribution in [2.45, 2.75) is 50.1 Å². The van der Waals surface area contributed by atoms with Crippen molar-refractivity contribution in [3.8, 4) is 0 Å². The highest BCUT2D eigenvalue weighted by Crippen LogP contribution is 2.30. The van der Waals surface area contributed by atoms with Crippen molar-refractivity contribution >= 4 is 10.8 Å². The fourth-order valence-corrected chi connectivity index (χ4v) is 3.66. The molecule has 0 spiro atoms. The topological polar surface area (TPSA) is 77.2 Å². The third kappa shape index (κ3) is 4.78. The molecule has 6 nitrogen and oxygen atoms in total. The lowest BCUT2D eigenvalue weighted by atomic mass is 9.91. The zero-order valence-corrected chi connectivity index (χ0v) is 16.4. The monoisotopic (exact) mass is 377 g/mol. The van der Waals surface area contributed by atoms with Gasteiger partial charge in [0.25, 0.3) is 0 Å². The van der Waals surface area contributed by atoms with Crippen LogP contribution >= 0.6 is 0 Å². The number of nitrogens with zero attached hydrogens (tertiary/aromatic N) is 2. The van der Waals surface area contributed by atoms with Gasteiger partial charge >= 0.3 is 0 Å². The summed E-state index contributed by atoms with van der Waals surface area (Å²) in [4.78, 5) is 5.45. The number of hydrogen-bond acceptors (Lipinski definition) is 6. The van der Waals surface area contributed by atoms with Crippen molar-refractivity contribution in [1.29, 1.82) is 0 Å². The predicted octanol–water partition coefficient (Wildman–Crippen LogP) is 3.19. The summed E-state index contributed by atoms with van der Waals surface area (Å²) in [6.45, 7) is 6.35. The smallest absolute Gasteiger partial charge is 0.244 e. The highest BCUT2D eigenvalue weighted by molar-refractivity contribution is 7.84. The fourth-order valence-electron chi connectivity index (χ4n) is 3.14. The molecule has 1 fully saturated rings. The maximum absolute atomic E-state index is 11.5. The summed E-state index contributed by atoms with van der Waals surface area (Å²) >= 11 is 0. The average molecular weight is 378 g/mol. The Morgan fingerprint density at radius 3 is 2.50 bits per heavy atom. The minimum Gasteiger partial charge on any atom is -0.381 e. The average Bonchev–Trinajstić information content (AvgIpc) is 3.13. The Balaban J connectivity index is 1.73. The van der Waals surface area contributed by atoms with E-state index in [1.54, 1.807) is 6.26 Å². The molecule has 2 aromatic rings. The van der Waals surface area contributed by atoms with E-state index < -0.39 is 10.8 Å². The van der Waals surface area contributed by atoms with E-state index in [4.69, 9.17) is 9.26 Å². The number of nitrogens with one attached hydrogen (secondary N) is 1. The van der Waals surface area contributed by atoms with E-state index in [9.17, 15) is 4.21 Å². The van der Waals surface area contributed by atoms with Crippen LogP contribution in [0.1, 0.15) is 55.9 Å². The van der Waals surface area contributed by atoms with Gasteiger partial charge in [0.15, 0.2) is 5.82 Å². The fraction of sp³-hybridized carbons (Fsp3) is 0.579. The summed E-state index contributed by atoms with van der Waals surface area (Å²) in [6.07, 6.45) is 3.64. The number of aromatic nitrogens is 2. The Morgan fingerprint density at radius 2 is 1.92 bits per heavy atom.